The highest BCUT2D eigenvalue weighted by Gasteiger charge is 2.28. The number of aromatic nitrogens is 3. The largest absolute Gasteiger partial charge is 0.461 e. The summed E-state index contributed by atoms with van der Waals surface area (Å²) in [6.07, 6.45) is -1.25. The van der Waals surface area contributed by atoms with Crippen molar-refractivity contribution in [1.82, 2.24) is 20.3 Å². The summed E-state index contributed by atoms with van der Waals surface area (Å²) in [5.41, 5.74) is 2.55. The van der Waals surface area contributed by atoms with Crippen LogP contribution in [0.3, 0.4) is 0 Å². The van der Waals surface area contributed by atoms with Gasteiger partial charge in [0, 0.05) is 0 Å². The predicted molar refractivity (Wildman–Crippen MR) is 123 cm³/mol. The molecular formula is C25H22N4O5. The molecule has 0 spiro atoms. The molecule has 9 heteroatoms. The van der Waals surface area contributed by atoms with Crippen molar-refractivity contribution in [3.63, 3.8) is 0 Å². The molecule has 0 aliphatic carbocycles. The van der Waals surface area contributed by atoms with Crippen LogP contribution in [0.2, 0.25) is 0 Å². The van der Waals surface area contributed by atoms with Gasteiger partial charge in [-0.3, -0.25) is 9.59 Å². The van der Waals surface area contributed by atoms with E-state index in [1.54, 1.807) is 36.4 Å². The SMILES string of the molecule is O=C(C[C@H](NC(=O)OCc1ccccc1)C(=O)n1nnc2ccccc21)OCc1ccccc1. The smallest absolute Gasteiger partial charge is 0.408 e. The summed E-state index contributed by atoms with van der Waals surface area (Å²) in [5, 5.41) is 10.3. The standard InChI is InChI=1S/C25H22N4O5/c30-23(33-16-18-9-3-1-4-10-18)15-21(26-25(32)34-17-19-11-5-2-6-12-19)24(31)29-22-14-8-7-13-20(22)27-28-29/h1-14,21H,15-17H2,(H,26,32)/t21-/m0/s1. The zero-order valence-electron chi connectivity index (χ0n) is 18.2. The lowest BCUT2D eigenvalue weighted by molar-refractivity contribution is -0.145. The fourth-order valence-electron chi connectivity index (χ4n) is 3.25. The molecule has 1 aromatic heterocycles. The first-order valence-corrected chi connectivity index (χ1v) is 10.6. The van der Waals surface area contributed by atoms with Gasteiger partial charge in [-0.25, -0.2) is 4.79 Å². The van der Waals surface area contributed by atoms with Crippen LogP contribution in [0.25, 0.3) is 11.0 Å². The number of esters is 1. The monoisotopic (exact) mass is 458 g/mol. The molecule has 1 heterocycles. The predicted octanol–water partition coefficient (Wildman–Crippen LogP) is 3.50. The number of alkyl carbamates (subject to hydrolysis) is 1. The van der Waals surface area contributed by atoms with Crippen LogP contribution in [0.1, 0.15) is 22.3 Å². The van der Waals surface area contributed by atoms with E-state index in [9.17, 15) is 14.4 Å². The molecule has 3 aromatic carbocycles. The summed E-state index contributed by atoms with van der Waals surface area (Å²) in [4.78, 5) is 38.2. The van der Waals surface area contributed by atoms with Gasteiger partial charge in [0.15, 0.2) is 0 Å². The number of para-hydroxylation sites is 1. The topological polar surface area (TPSA) is 112 Å². The molecule has 172 valence electrons. The van der Waals surface area contributed by atoms with E-state index < -0.39 is 30.4 Å². The average Bonchev–Trinajstić information content (AvgIpc) is 3.31. The minimum absolute atomic E-state index is 0.0122. The summed E-state index contributed by atoms with van der Waals surface area (Å²) in [7, 11) is 0. The summed E-state index contributed by atoms with van der Waals surface area (Å²) >= 11 is 0. The number of carbonyl (C=O) groups excluding carboxylic acids is 3. The van der Waals surface area contributed by atoms with Crippen molar-refractivity contribution in [1.29, 1.82) is 0 Å². The van der Waals surface area contributed by atoms with Gasteiger partial charge in [-0.15, -0.1) is 5.10 Å². The number of ether oxygens (including phenoxy) is 2. The number of hydrogen-bond acceptors (Lipinski definition) is 7. The molecule has 0 aliphatic heterocycles. The minimum atomic E-state index is -1.27. The highest BCUT2D eigenvalue weighted by molar-refractivity contribution is 5.95. The Morgan fingerprint density at radius 2 is 1.38 bits per heavy atom. The van der Waals surface area contributed by atoms with E-state index in [2.05, 4.69) is 15.6 Å². The van der Waals surface area contributed by atoms with Crippen LogP contribution in [-0.2, 0) is 27.5 Å². The second-order valence-electron chi connectivity index (χ2n) is 7.44. The van der Waals surface area contributed by atoms with Gasteiger partial charge in [-0.2, -0.15) is 4.68 Å². The van der Waals surface area contributed by atoms with E-state index in [0.29, 0.717) is 11.0 Å². The number of benzene rings is 3. The third-order valence-electron chi connectivity index (χ3n) is 4.98. The van der Waals surface area contributed by atoms with Gasteiger partial charge in [0.1, 0.15) is 24.8 Å². The second kappa shape index (κ2) is 10.9. The van der Waals surface area contributed by atoms with E-state index in [0.717, 1.165) is 15.8 Å². The molecular weight excluding hydrogens is 436 g/mol. The van der Waals surface area contributed by atoms with Crippen molar-refractivity contribution in [2.45, 2.75) is 25.7 Å². The Morgan fingerprint density at radius 1 is 0.794 bits per heavy atom. The molecule has 1 amide bonds. The molecule has 4 rings (SSSR count). The van der Waals surface area contributed by atoms with Crippen molar-refractivity contribution < 1.29 is 23.9 Å². The Bertz CT molecular complexity index is 1220. The number of amides is 1. The van der Waals surface area contributed by atoms with Crippen LogP contribution < -0.4 is 5.32 Å². The van der Waals surface area contributed by atoms with Gasteiger partial charge in [-0.05, 0) is 23.3 Å². The molecule has 9 nitrogen and oxygen atoms in total. The van der Waals surface area contributed by atoms with Crippen LogP contribution in [0.15, 0.2) is 84.9 Å². The third-order valence-corrected chi connectivity index (χ3v) is 4.98. The van der Waals surface area contributed by atoms with Crippen LogP contribution in [-0.4, -0.2) is 39.0 Å². The lowest BCUT2D eigenvalue weighted by Crippen LogP contribution is -2.45. The van der Waals surface area contributed by atoms with E-state index in [1.165, 1.54) is 0 Å². The Balaban J connectivity index is 1.46. The van der Waals surface area contributed by atoms with Gasteiger partial charge < -0.3 is 14.8 Å². The second-order valence-corrected chi connectivity index (χ2v) is 7.44. The molecule has 0 aliphatic rings. The number of rotatable bonds is 8. The van der Waals surface area contributed by atoms with Gasteiger partial charge in [-0.1, -0.05) is 78.0 Å². The molecule has 0 unspecified atom stereocenters. The first kappa shape index (κ1) is 22.7. The molecule has 34 heavy (non-hydrogen) atoms. The zero-order chi connectivity index (χ0) is 23.8. The lowest BCUT2D eigenvalue weighted by atomic mass is 10.2. The lowest BCUT2D eigenvalue weighted by Gasteiger charge is -2.17. The van der Waals surface area contributed by atoms with Gasteiger partial charge in [0.05, 0.1) is 11.9 Å². The number of hydrogen-bond donors (Lipinski definition) is 1. The van der Waals surface area contributed by atoms with E-state index >= 15 is 0 Å². The van der Waals surface area contributed by atoms with Crippen molar-refractivity contribution >= 4 is 29.0 Å². The summed E-state index contributed by atoms with van der Waals surface area (Å²) < 4.78 is 11.6. The Hall–Kier alpha value is -4.53. The molecule has 0 saturated carbocycles. The maximum Gasteiger partial charge on any atom is 0.408 e. The highest BCUT2D eigenvalue weighted by Crippen LogP contribution is 2.12. The van der Waals surface area contributed by atoms with E-state index in [-0.39, 0.29) is 13.2 Å². The van der Waals surface area contributed by atoms with Gasteiger partial charge in [0.2, 0.25) is 0 Å². The first-order chi connectivity index (χ1) is 16.6. The van der Waals surface area contributed by atoms with Crippen molar-refractivity contribution in [2.24, 2.45) is 0 Å². The van der Waals surface area contributed by atoms with Crippen LogP contribution in [0, 0.1) is 0 Å². The van der Waals surface area contributed by atoms with E-state index in [1.807, 2.05) is 48.5 Å². The number of fused-ring (bicyclic) bond motifs is 1. The molecule has 0 radical (unpaired) electrons. The van der Waals surface area contributed by atoms with Gasteiger partial charge in [0.25, 0.3) is 5.91 Å². The first-order valence-electron chi connectivity index (χ1n) is 10.6. The average molecular weight is 458 g/mol. The van der Waals surface area contributed by atoms with Gasteiger partial charge >= 0.3 is 12.1 Å². The summed E-state index contributed by atoms with van der Waals surface area (Å²) in [5.74, 6) is -1.29. The normalized spacial score (nSPS) is 11.5. The maximum atomic E-state index is 13.2. The quantitative estimate of drug-likeness (QED) is 0.402. The number of carbonyl (C=O) groups is 3. The third kappa shape index (κ3) is 5.83. The molecule has 0 bridgehead atoms. The summed E-state index contributed by atoms with van der Waals surface area (Å²) in [6, 6.07) is 23.9. The summed E-state index contributed by atoms with van der Waals surface area (Å²) in [6.45, 7) is 0.0591. The van der Waals surface area contributed by atoms with Crippen LogP contribution >= 0.6 is 0 Å². The fourth-order valence-corrected chi connectivity index (χ4v) is 3.25. The highest BCUT2D eigenvalue weighted by atomic mass is 16.5. The van der Waals surface area contributed by atoms with Crippen LogP contribution in [0.4, 0.5) is 4.79 Å². The number of nitrogens with zero attached hydrogens (tertiary/aromatic N) is 3. The molecule has 0 saturated heterocycles. The fraction of sp³-hybridized carbons (Fsp3) is 0.160. The van der Waals surface area contributed by atoms with E-state index in [4.69, 9.17) is 9.47 Å². The molecule has 1 atom stereocenters. The van der Waals surface area contributed by atoms with Crippen molar-refractivity contribution in [3.05, 3.63) is 96.1 Å². The molecule has 0 fully saturated rings. The van der Waals surface area contributed by atoms with Crippen LogP contribution in [0.5, 0.6) is 0 Å². The van der Waals surface area contributed by atoms with Crippen molar-refractivity contribution in [2.75, 3.05) is 0 Å². The maximum absolute atomic E-state index is 13.2. The zero-order valence-corrected chi connectivity index (χ0v) is 18.2. The Morgan fingerprint density at radius 3 is 2.06 bits per heavy atom. The number of nitrogens with one attached hydrogen (secondary N) is 1. The Labute approximate surface area is 195 Å². The molecule has 4 aromatic rings. The Kier molecular flexibility index (Phi) is 7.24. The van der Waals surface area contributed by atoms with Crippen molar-refractivity contribution in [3.8, 4) is 0 Å². The molecule has 1 N–H and O–H groups in total. The minimum Gasteiger partial charge on any atom is -0.461 e.